The summed E-state index contributed by atoms with van der Waals surface area (Å²) >= 11 is 0. The van der Waals surface area contributed by atoms with Crippen molar-refractivity contribution in [1.82, 2.24) is 15.1 Å². The molecule has 0 radical (unpaired) electrons. The standard InChI is InChI=1S/C19H30FN3O2/c1-19(2,3)23-10-9-16(14-23)21-18(24)22(11-12-25-4)13-15-7-5-6-8-17(15)20/h5-8,16H,9-14H2,1-4H3,(H,21,24)/t16-/m0/s1. The van der Waals surface area contributed by atoms with Gasteiger partial charge in [-0.05, 0) is 33.3 Å². The van der Waals surface area contributed by atoms with Crippen LogP contribution in [-0.4, -0.2) is 60.8 Å². The highest BCUT2D eigenvalue weighted by Crippen LogP contribution is 2.20. The molecule has 1 aliphatic heterocycles. The Balaban J connectivity index is 1.98. The quantitative estimate of drug-likeness (QED) is 0.857. The van der Waals surface area contributed by atoms with Crippen LogP contribution in [0.15, 0.2) is 24.3 Å². The lowest BCUT2D eigenvalue weighted by molar-refractivity contribution is 0.142. The number of hydrogen-bond acceptors (Lipinski definition) is 3. The number of halogens is 1. The molecule has 1 atom stereocenters. The van der Waals surface area contributed by atoms with Crippen LogP contribution in [0.4, 0.5) is 9.18 Å². The summed E-state index contributed by atoms with van der Waals surface area (Å²) in [5, 5.41) is 3.10. The summed E-state index contributed by atoms with van der Waals surface area (Å²) in [5.74, 6) is -0.294. The van der Waals surface area contributed by atoms with Crippen molar-refractivity contribution in [2.45, 2.75) is 45.3 Å². The van der Waals surface area contributed by atoms with Crippen LogP contribution >= 0.6 is 0 Å². The first kappa shape index (κ1) is 19.7. The van der Waals surface area contributed by atoms with E-state index in [0.29, 0.717) is 18.7 Å². The minimum absolute atomic E-state index is 0.0996. The summed E-state index contributed by atoms with van der Waals surface area (Å²) in [5.41, 5.74) is 0.610. The van der Waals surface area contributed by atoms with E-state index in [0.717, 1.165) is 19.5 Å². The van der Waals surface area contributed by atoms with Gasteiger partial charge >= 0.3 is 6.03 Å². The number of nitrogens with one attached hydrogen (secondary N) is 1. The van der Waals surface area contributed by atoms with Crippen molar-refractivity contribution in [3.05, 3.63) is 35.6 Å². The number of carbonyl (C=O) groups is 1. The molecule has 6 heteroatoms. The van der Waals surface area contributed by atoms with E-state index in [2.05, 4.69) is 31.0 Å². The molecule has 2 amide bonds. The third-order valence-electron chi connectivity index (χ3n) is 4.64. The minimum Gasteiger partial charge on any atom is -0.383 e. The highest BCUT2D eigenvalue weighted by molar-refractivity contribution is 5.74. The molecular weight excluding hydrogens is 321 g/mol. The lowest BCUT2D eigenvalue weighted by atomic mass is 10.1. The molecule has 0 aliphatic carbocycles. The molecule has 2 rings (SSSR count). The molecular formula is C19H30FN3O2. The zero-order valence-corrected chi connectivity index (χ0v) is 15.7. The van der Waals surface area contributed by atoms with Crippen molar-refractivity contribution < 1.29 is 13.9 Å². The van der Waals surface area contributed by atoms with Gasteiger partial charge in [0.05, 0.1) is 13.2 Å². The summed E-state index contributed by atoms with van der Waals surface area (Å²) in [7, 11) is 1.59. The zero-order valence-electron chi connectivity index (χ0n) is 15.7. The van der Waals surface area contributed by atoms with Gasteiger partial charge in [0.25, 0.3) is 0 Å². The maximum Gasteiger partial charge on any atom is 0.318 e. The molecule has 1 aromatic rings. The van der Waals surface area contributed by atoms with Crippen LogP contribution < -0.4 is 5.32 Å². The Labute approximate surface area is 150 Å². The number of ether oxygens (including phenoxy) is 1. The number of nitrogens with zero attached hydrogens (tertiary/aromatic N) is 2. The third-order valence-corrected chi connectivity index (χ3v) is 4.64. The number of carbonyl (C=O) groups excluding carboxylic acids is 1. The van der Waals surface area contributed by atoms with Crippen molar-refractivity contribution >= 4 is 6.03 Å². The second-order valence-corrected chi connectivity index (χ2v) is 7.56. The number of rotatable bonds is 6. The van der Waals surface area contributed by atoms with Gasteiger partial charge in [0.15, 0.2) is 0 Å². The van der Waals surface area contributed by atoms with E-state index < -0.39 is 0 Å². The van der Waals surface area contributed by atoms with Crippen molar-refractivity contribution in [1.29, 1.82) is 0 Å². The fraction of sp³-hybridized carbons (Fsp3) is 0.632. The Morgan fingerprint density at radius 1 is 1.40 bits per heavy atom. The minimum atomic E-state index is -0.294. The number of hydrogen-bond donors (Lipinski definition) is 1. The Bertz CT molecular complexity index is 574. The molecule has 140 valence electrons. The van der Waals surface area contributed by atoms with Gasteiger partial charge in [-0.1, -0.05) is 18.2 Å². The van der Waals surface area contributed by atoms with Crippen LogP contribution in [0.3, 0.4) is 0 Å². The normalized spacial score (nSPS) is 18.4. The largest absolute Gasteiger partial charge is 0.383 e. The molecule has 0 saturated carbocycles. The average molecular weight is 351 g/mol. The van der Waals surface area contributed by atoms with Crippen LogP contribution in [0.1, 0.15) is 32.8 Å². The molecule has 1 N–H and O–H groups in total. The summed E-state index contributed by atoms with van der Waals surface area (Å²) in [6.07, 6.45) is 0.931. The molecule has 0 bridgehead atoms. The molecule has 0 unspecified atom stereocenters. The number of benzene rings is 1. The molecule has 1 fully saturated rings. The van der Waals surface area contributed by atoms with E-state index in [1.165, 1.54) is 6.07 Å². The number of methoxy groups -OCH3 is 1. The summed E-state index contributed by atoms with van der Waals surface area (Å²) in [4.78, 5) is 16.7. The highest BCUT2D eigenvalue weighted by atomic mass is 19.1. The summed E-state index contributed by atoms with van der Waals surface area (Å²) in [6, 6.07) is 6.51. The molecule has 1 saturated heterocycles. The smallest absolute Gasteiger partial charge is 0.318 e. The van der Waals surface area contributed by atoms with Gasteiger partial charge in [-0.15, -0.1) is 0 Å². The van der Waals surface area contributed by atoms with E-state index in [1.807, 2.05) is 0 Å². The van der Waals surface area contributed by atoms with E-state index >= 15 is 0 Å². The SMILES string of the molecule is COCCN(Cc1ccccc1F)C(=O)N[C@H]1CCN(C(C)(C)C)C1. The molecule has 0 spiro atoms. The zero-order chi connectivity index (χ0) is 18.4. The number of urea groups is 1. The first-order valence-corrected chi connectivity index (χ1v) is 8.84. The van der Waals surface area contributed by atoms with Crippen LogP contribution in [0.5, 0.6) is 0 Å². The number of likely N-dealkylation sites (tertiary alicyclic amines) is 1. The second-order valence-electron chi connectivity index (χ2n) is 7.56. The van der Waals surface area contributed by atoms with Gasteiger partial charge < -0.3 is 15.0 Å². The van der Waals surface area contributed by atoms with Crippen LogP contribution in [0.25, 0.3) is 0 Å². The van der Waals surface area contributed by atoms with Crippen molar-refractivity contribution in [2.75, 3.05) is 33.4 Å². The first-order chi connectivity index (χ1) is 11.8. The van der Waals surface area contributed by atoms with E-state index in [4.69, 9.17) is 4.74 Å². The maximum absolute atomic E-state index is 13.9. The highest BCUT2D eigenvalue weighted by Gasteiger charge is 2.31. The van der Waals surface area contributed by atoms with Gasteiger partial charge in [-0.3, -0.25) is 4.90 Å². The van der Waals surface area contributed by atoms with Crippen molar-refractivity contribution in [3.63, 3.8) is 0 Å². The molecule has 5 nitrogen and oxygen atoms in total. The fourth-order valence-electron chi connectivity index (χ4n) is 3.04. The van der Waals surface area contributed by atoms with Crippen LogP contribution in [0, 0.1) is 5.82 Å². The van der Waals surface area contributed by atoms with Gasteiger partial charge in [-0.25, -0.2) is 9.18 Å². The van der Waals surface area contributed by atoms with Gasteiger partial charge in [0.1, 0.15) is 5.82 Å². The molecule has 1 aromatic carbocycles. The van der Waals surface area contributed by atoms with Gasteiger partial charge in [0, 0.05) is 43.9 Å². The first-order valence-electron chi connectivity index (χ1n) is 8.84. The Kier molecular flexibility index (Phi) is 6.79. The molecule has 1 heterocycles. The van der Waals surface area contributed by atoms with Crippen molar-refractivity contribution in [3.8, 4) is 0 Å². The lowest BCUT2D eigenvalue weighted by Crippen LogP contribution is -2.48. The predicted molar refractivity (Wildman–Crippen MR) is 96.9 cm³/mol. The average Bonchev–Trinajstić information content (AvgIpc) is 3.01. The number of amides is 2. The molecule has 25 heavy (non-hydrogen) atoms. The fourth-order valence-corrected chi connectivity index (χ4v) is 3.04. The maximum atomic E-state index is 13.9. The summed E-state index contributed by atoms with van der Waals surface area (Å²) in [6.45, 7) is 9.43. The van der Waals surface area contributed by atoms with Crippen LogP contribution in [0.2, 0.25) is 0 Å². The molecule has 1 aliphatic rings. The Hall–Kier alpha value is -1.66. The predicted octanol–water partition coefficient (Wildman–Crippen LogP) is 2.86. The van der Waals surface area contributed by atoms with E-state index in [-0.39, 0.29) is 30.0 Å². The molecule has 0 aromatic heterocycles. The van der Waals surface area contributed by atoms with E-state index in [9.17, 15) is 9.18 Å². The van der Waals surface area contributed by atoms with E-state index in [1.54, 1.807) is 30.2 Å². The lowest BCUT2D eigenvalue weighted by Gasteiger charge is -2.32. The monoisotopic (exact) mass is 351 g/mol. The Morgan fingerprint density at radius 3 is 2.72 bits per heavy atom. The van der Waals surface area contributed by atoms with Crippen molar-refractivity contribution in [2.24, 2.45) is 0 Å². The Morgan fingerprint density at radius 2 is 2.12 bits per heavy atom. The van der Waals surface area contributed by atoms with Gasteiger partial charge in [-0.2, -0.15) is 0 Å². The third kappa shape index (κ3) is 5.68. The van der Waals surface area contributed by atoms with Crippen LogP contribution in [-0.2, 0) is 11.3 Å². The summed E-state index contributed by atoms with van der Waals surface area (Å²) < 4.78 is 19.0. The van der Waals surface area contributed by atoms with Gasteiger partial charge in [0.2, 0.25) is 0 Å². The topological polar surface area (TPSA) is 44.8 Å². The second kappa shape index (κ2) is 8.63.